The summed E-state index contributed by atoms with van der Waals surface area (Å²) >= 11 is 0. The molecule has 0 spiro atoms. The molecule has 0 saturated carbocycles. The van der Waals surface area contributed by atoms with Crippen LogP contribution >= 0.6 is 0 Å². The third-order valence-corrected chi connectivity index (χ3v) is 3.99. The lowest BCUT2D eigenvalue weighted by Gasteiger charge is -2.34. The molecule has 1 fully saturated rings. The highest BCUT2D eigenvalue weighted by Gasteiger charge is 2.21. The Morgan fingerprint density at radius 3 is 3.00 bits per heavy atom. The molecular formula is C15H23N5. The molecule has 5 heteroatoms. The summed E-state index contributed by atoms with van der Waals surface area (Å²) < 4.78 is 2.00. The predicted molar refractivity (Wildman–Crippen MR) is 79.6 cm³/mol. The molecule has 20 heavy (non-hydrogen) atoms. The summed E-state index contributed by atoms with van der Waals surface area (Å²) in [4.78, 5) is 11.5. The largest absolute Gasteiger partial charge is 0.317 e. The zero-order valence-electron chi connectivity index (χ0n) is 12.1. The summed E-state index contributed by atoms with van der Waals surface area (Å²) in [6, 6.07) is 2.63. The van der Waals surface area contributed by atoms with Gasteiger partial charge in [0.1, 0.15) is 0 Å². The molecule has 0 unspecified atom stereocenters. The van der Waals surface area contributed by atoms with Gasteiger partial charge in [0, 0.05) is 31.2 Å². The Labute approximate surface area is 120 Å². The molecule has 0 atom stereocenters. The Morgan fingerprint density at radius 1 is 1.40 bits per heavy atom. The summed E-state index contributed by atoms with van der Waals surface area (Å²) in [5, 5.41) is 3.44. The number of rotatable bonds is 5. The monoisotopic (exact) mass is 273 g/mol. The van der Waals surface area contributed by atoms with Gasteiger partial charge in [0.25, 0.3) is 0 Å². The normalized spacial score (nSPS) is 17.1. The SMILES string of the molecule is CCCN(Cc1cn2cccnc2n1)C1CCNCC1. The fourth-order valence-corrected chi connectivity index (χ4v) is 3.01. The van der Waals surface area contributed by atoms with E-state index in [1.165, 1.54) is 19.3 Å². The molecule has 2 aromatic heterocycles. The van der Waals surface area contributed by atoms with Crippen molar-refractivity contribution in [1.82, 2.24) is 24.6 Å². The van der Waals surface area contributed by atoms with E-state index < -0.39 is 0 Å². The van der Waals surface area contributed by atoms with Crippen LogP contribution in [0.5, 0.6) is 0 Å². The van der Waals surface area contributed by atoms with E-state index in [0.717, 1.165) is 37.7 Å². The van der Waals surface area contributed by atoms with Crippen LogP contribution in [0.4, 0.5) is 0 Å². The van der Waals surface area contributed by atoms with E-state index in [-0.39, 0.29) is 0 Å². The van der Waals surface area contributed by atoms with Crippen LogP contribution in [0.25, 0.3) is 5.78 Å². The Balaban J connectivity index is 1.74. The fourth-order valence-electron chi connectivity index (χ4n) is 3.01. The van der Waals surface area contributed by atoms with Crippen LogP contribution < -0.4 is 5.32 Å². The summed E-state index contributed by atoms with van der Waals surface area (Å²) in [6.45, 7) is 6.60. The molecule has 1 saturated heterocycles. The summed E-state index contributed by atoms with van der Waals surface area (Å²) in [6.07, 6.45) is 9.58. The number of imidazole rings is 1. The average molecular weight is 273 g/mol. The minimum atomic E-state index is 0.689. The molecule has 3 heterocycles. The first-order chi connectivity index (χ1) is 9.86. The van der Waals surface area contributed by atoms with Gasteiger partial charge < -0.3 is 5.32 Å². The van der Waals surface area contributed by atoms with Gasteiger partial charge in [-0.25, -0.2) is 9.97 Å². The Bertz CT molecular complexity index is 511. The van der Waals surface area contributed by atoms with Gasteiger partial charge in [0.15, 0.2) is 0 Å². The molecule has 1 N–H and O–H groups in total. The number of hydrogen-bond acceptors (Lipinski definition) is 4. The summed E-state index contributed by atoms with van der Waals surface area (Å²) in [5.41, 5.74) is 1.12. The topological polar surface area (TPSA) is 45.5 Å². The number of aromatic nitrogens is 3. The first-order valence-electron chi connectivity index (χ1n) is 7.60. The van der Waals surface area contributed by atoms with Crippen LogP contribution in [-0.4, -0.2) is 44.9 Å². The zero-order valence-corrected chi connectivity index (χ0v) is 12.1. The first-order valence-corrected chi connectivity index (χ1v) is 7.60. The van der Waals surface area contributed by atoms with E-state index >= 15 is 0 Å². The van der Waals surface area contributed by atoms with Gasteiger partial charge >= 0.3 is 0 Å². The number of piperidine rings is 1. The molecular weight excluding hydrogens is 250 g/mol. The van der Waals surface area contributed by atoms with Crippen LogP contribution in [0.3, 0.4) is 0 Å². The molecule has 2 aromatic rings. The first kappa shape index (κ1) is 13.5. The highest BCUT2D eigenvalue weighted by atomic mass is 15.2. The number of hydrogen-bond donors (Lipinski definition) is 1. The van der Waals surface area contributed by atoms with E-state index in [1.54, 1.807) is 6.20 Å². The molecule has 5 nitrogen and oxygen atoms in total. The lowest BCUT2D eigenvalue weighted by molar-refractivity contribution is 0.152. The predicted octanol–water partition coefficient (Wildman–Crippen LogP) is 1.69. The van der Waals surface area contributed by atoms with Crippen molar-refractivity contribution in [2.75, 3.05) is 19.6 Å². The van der Waals surface area contributed by atoms with Gasteiger partial charge in [-0.1, -0.05) is 6.92 Å². The lowest BCUT2D eigenvalue weighted by Crippen LogP contribution is -2.43. The number of nitrogens with zero attached hydrogens (tertiary/aromatic N) is 4. The van der Waals surface area contributed by atoms with E-state index in [2.05, 4.69) is 33.3 Å². The minimum absolute atomic E-state index is 0.689. The number of nitrogens with one attached hydrogen (secondary N) is 1. The van der Waals surface area contributed by atoms with Crippen LogP contribution in [0.1, 0.15) is 31.9 Å². The molecule has 1 aliphatic heterocycles. The molecule has 1 aliphatic rings. The molecule has 0 bridgehead atoms. The number of fused-ring (bicyclic) bond motifs is 1. The van der Waals surface area contributed by atoms with Gasteiger partial charge in [-0.05, 0) is 45.0 Å². The molecule has 0 aromatic carbocycles. The van der Waals surface area contributed by atoms with Crippen molar-refractivity contribution < 1.29 is 0 Å². The van der Waals surface area contributed by atoms with Gasteiger partial charge in [-0.3, -0.25) is 9.30 Å². The van der Waals surface area contributed by atoms with Crippen molar-refractivity contribution in [2.24, 2.45) is 0 Å². The maximum atomic E-state index is 4.62. The van der Waals surface area contributed by atoms with Gasteiger partial charge in [-0.2, -0.15) is 0 Å². The van der Waals surface area contributed by atoms with E-state index in [0.29, 0.717) is 6.04 Å². The maximum absolute atomic E-state index is 4.62. The quantitative estimate of drug-likeness (QED) is 0.900. The third-order valence-electron chi connectivity index (χ3n) is 3.99. The van der Waals surface area contributed by atoms with Crippen molar-refractivity contribution in [3.05, 3.63) is 30.4 Å². The summed E-state index contributed by atoms with van der Waals surface area (Å²) in [5.74, 6) is 0.796. The Hall–Kier alpha value is -1.46. The van der Waals surface area contributed by atoms with Crippen LogP contribution in [-0.2, 0) is 6.54 Å². The van der Waals surface area contributed by atoms with E-state index in [4.69, 9.17) is 0 Å². The van der Waals surface area contributed by atoms with Gasteiger partial charge in [0.2, 0.25) is 5.78 Å². The Morgan fingerprint density at radius 2 is 2.25 bits per heavy atom. The average Bonchev–Trinajstić information content (AvgIpc) is 2.90. The smallest absolute Gasteiger partial charge is 0.233 e. The van der Waals surface area contributed by atoms with Gasteiger partial charge in [-0.15, -0.1) is 0 Å². The highest BCUT2D eigenvalue weighted by Crippen LogP contribution is 2.16. The van der Waals surface area contributed by atoms with Gasteiger partial charge in [0.05, 0.1) is 5.69 Å². The lowest BCUT2D eigenvalue weighted by atomic mass is 10.0. The van der Waals surface area contributed by atoms with E-state index in [1.807, 2.05) is 16.7 Å². The van der Waals surface area contributed by atoms with Crippen molar-refractivity contribution in [1.29, 1.82) is 0 Å². The highest BCUT2D eigenvalue weighted by molar-refractivity contribution is 5.29. The van der Waals surface area contributed by atoms with Crippen molar-refractivity contribution in [3.8, 4) is 0 Å². The molecule has 0 radical (unpaired) electrons. The van der Waals surface area contributed by atoms with Crippen LogP contribution in [0.15, 0.2) is 24.7 Å². The second-order valence-corrected chi connectivity index (χ2v) is 5.51. The van der Waals surface area contributed by atoms with Crippen molar-refractivity contribution in [2.45, 2.75) is 38.8 Å². The fraction of sp³-hybridized carbons (Fsp3) is 0.600. The standard InChI is InChI=1S/C15H23N5/c1-2-9-19(14-4-7-16-8-5-14)11-13-12-20-10-3-6-17-15(20)18-13/h3,6,10,12,14,16H,2,4-5,7-9,11H2,1H3. The van der Waals surface area contributed by atoms with E-state index in [9.17, 15) is 0 Å². The minimum Gasteiger partial charge on any atom is -0.317 e. The maximum Gasteiger partial charge on any atom is 0.233 e. The van der Waals surface area contributed by atoms with Crippen LogP contribution in [0, 0.1) is 0 Å². The summed E-state index contributed by atoms with van der Waals surface area (Å²) in [7, 11) is 0. The molecule has 0 amide bonds. The Kier molecular flexibility index (Phi) is 4.28. The van der Waals surface area contributed by atoms with Crippen molar-refractivity contribution in [3.63, 3.8) is 0 Å². The second-order valence-electron chi connectivity index (χ2n) is 5.51. The molecule has 0 aliphatic carbocycles. The second kappa shape index (κ2) is 6.33. The molecule has 108 valence electrons. The third kappa shape index (κ3) is 2.99. The molecule has 3 rings (SSSR count). The van der Waals surface area contributed by atoms with Crippen LogP contribution in [0.2, 0.25) is 0 Å². The van der Waals surface area contributed by atoms with Crippen molar-refractivity contribution >= 4 is 5.78 Å². The zero-order chi connectivity index (χ0) is 13.8.